The number of aromatic nitrogens is 2. The zero-order chi connectivity index (χ0) is 19.6. The number of benzene rings is 1. The second kappa shape index (κ2) is 7.47. The molecule has 0 radical (unpaired) electrons. The zero-order valence-electron chi connectivity index (χ0n) is 15.5. The summed E-state index contributed by atoms with van der Waals surface area (Å²) in [6.07, 6.45) is 0. The third-order valence-corrected chi connectivity index (χ3v) is 4.33. The molecule has 1 aromatic heterocycles. The van der Waals surface area contributed by atoms with Gasteiger partial charge in [-0.05, 0) is 17.7 Å². The highest BCUT2D eigenvalue weighted by molar-refractivity contribution is 5.61. The van der Waals surface area contributed by atoms with E-state index in [2.05, 4.69) is 16.3 Å². The van der Waals surface area contributed by atoms with Gasteiger partial charge in [-0.3, -0.25) is 5.10 Å². The minimum atomic E-state index is -0.531. The topological polar surface area (TPSA) is 125 Å². The standard InChI is InChI=1S/C18H20N4O5/c1-23-8-11-15-14(10(7-19)17(20)27-18(15)22-21-11)9-5-12(24-2)16(26-4)13(6-9)25-3/h5-6,14H,8,20H2,1-4H3,(H,21,22). The summed E-state index contributed by atoms with van der Waals surface area (Å²) in [6, 6.07) is 5.69. The number of hydrogen-bond donors (Lipinski definition) is 2. The Morgan fingerprint density at radius 3 is 2.37 bits per heavy atom. The second-order valence-electron chi connectivity index (χ2n) is 5.74. The quantitative estimate of drug-likeness (QED) is 0.786. The smallest absolute Gasteiger partial charge is 0.244 e. The molecule has 9 nitrogen and oxygen atoms in total. The third kappa shape index (κ3) is 3.00. The molecule has 3 rings (SSSR count). The summed E-state index contributed by atoms with van der Waals surface area (Å²) in [5.74, 6) is 1.16. The molecule has 1 aliphatic rings. The molecule has 2 heterocycles. The Labute approximate surface area is 156 Å². The van der Waals surface area contributed by atoms with E-state index in [4.69, 9.17) is 29.4 Å². The van der Waals surface area contributed by atoms with Gasteiger partial charge in [-0.1, -0.05) is 0 Å². The van der Waals surface area contributed by atoms with Gasteiger partial charge in [-0.2, -0.15) is 5.26 Å². The summed E-state index contributed by atoms with van der Waals surface area (Å²) in [4.78, 5) is 0. The maximum absolute atomic E-state index is 9.71. The molecule has 1 unspecified atom stereocenters. The van der Waals surface area contributed by atoms with Crippen LogP contribution in [0, 0.1) is 11.3 Å². The predicted molar refractivity (Wildman–Crippen MR) is 94.7 cm³/mol. The molecule has 1 atom stereocenters. The Hall–Kier alpha value is -3.38. The van der Waals surface area contributed by atoms with Crippen molar-refractivity contribution < 1.29 is 23.7 Å². The first-order valence-corrected chi connectivity index (χ1v) is 8.03. The van der Waals surface area contributed by atoms with Gasteiger partial charge in [0.15, 0.2) is 11.5 Å². The van der Waals surface area contributed by atoms with E-state index in [1.54, 1.807) is 19.2 Å². The number of nitrogens with two attached hydrogens (primary N) is 1. The van der Waals surface area contributed by atoms with E-state index in [1.807, 2.05) is 0 Å². The first kappa shape index (κ1) is 18.4. The van der Waals surface area contributed by atoms with Crippen molar-refractivity contribution in [2.24, 2.45) is 5.73 Å². The van der Waals surface area contributed by atoms with E-state index in [9.17, 15) is 5.26 Å². The van der Waals surface area contributed by atoms with Crippen LogP contribution in [0.3, 0.4) is 0 Å². The van der Waals surface area contributed by atoms with Gasteiger partial charge in [0.25, 0.3) is 0 Å². The van der Waals surface area contributed by atoms with Crippen LogP contribution in [0.15, 0.2) is 23.6 Å². The van der Waals surface area contributed by atoms with E-state index in [0.29, 0.717) is 39.9 Å². The molecule has 27 heavy (non-hydrogen) atoms. The molecule has 1 aromatic carbocycles. The van der Waals surface area contributed by atoms with Crippen LogP contribution in [-0.2, 0) is 11.3 Å². The largest absolute Gasteiger partial charge is 0.493 e. The van der Waals surface area contributed by atoms with E-state index in [0.717, 1.165) is 0 Å². The van der Waals surface area contributed by atoms with Crippen molar-refractivity contribution in [3.05, 3.63) is 40.4 Å². The molecule has 0 saturated heterocycles. The van der Waals surface area contributed by atoms with Crippen LogP contribution >= 0.6 is 0 Å². The average molecular weight is 372 g/mol. The maximum Gasteiger partial charge on any atom is 0.244 e. The molecule has 3 N–H and O–H groups in total. The molecular weight excluding hydrogens is 352 g/mol. The number of H-pyrrole nitrogens is 1. The third-order valence-electron chi connectivity index (χ3n) is 4.33. The zero-order valence-corrected chi connectivity index (χ0v) is 15.5. The molecule has 0 aliphatic carbocycles. The Balaban J connectivity index is 2.26. The number of nitriles is 1. The monoisotopic (exact) mass is 372 g/mol. The second-order valence-corrected chi connectivity index (χ2v) is 5.74. The summed E-state index contributed by atoms with van der Waals surface area (Å²) in [7, 11) is 6.15. The molecular formula is C18H20N4O5. The van der Waals surface area contributed by atoms with Gasteiger partial charge in [-0.15, -0.1) is 5.10 Å². The van der Waals surface area contributed by atoms with Gasteiger partial charge in [0.1, 0.15) is 11.6 Å². The number of nitrogens with zero attached hydrogens (tertiary/aromatic N) is 2. The number of aromatic amines is 1. The fraction of sp³-hybridized carbons (Fsp3) is 0.333. The molecule has 2 aromatic rings. The minimum absolute atomic E-state index is 0.000724. The summed E-state index contributed by atoms with van der Waals surface area (Å²) < 4.78 is 27.0. The fourth-order valence-electron chi connectivity index (χ4n) is 3.16. The lowest BCUT2D eigenvalue weighted by atomic mass is 9.83. The van der Waals surface area contributed by atoms with Crippen LogP contribution in [0.25, 0.3) is 0 Å². The number of methoxy groups -OCH3 is 4. The molecule has 0 spiro atoms. The number of ether oxygens (including phenoxy) is 5. The lowest BCUT2D eigenvalue weighted by Gasteiger charge is -2.25. The SMILES string of the molecule is COCc1[nH]nc2c1C(c1cc(OC)c(OC)c(OC)c1)C(C#N)=C(N)O2. The summed E-state index contributed by atoms with van der Waals surface area (Å²) in [5, 5.41) is 16.7. The van der Waals surface area contributed by atoms with Crippen LogP contribution in [0.5, 0.6) is 23.1 Å². The normalized spacial score (nSPS) is 15.6. The van der Waals surface area contributed by atoms with Gasteiger partial charge >= 0.3 is 0 Å². The van der Waals surface area contributed by atoms with Gasteiger partial charge in [-0.25, -0.2) is 0 Å². The van der Waals surface area contributed by atoms with Crippen molar-refractivity contribution >= 4 is 0 Å². The van der Waals surface area contributed by atoms with Gasteiger partial charge < -0.3 is 29.4 Å². The molecule has 1 aliphatic heterocycles. The lowest BCUT2D eigenvalue weighted by molar-refractivity contribution is 0.180. The van der Waals surface area contributed by atoms with Gasteiger partial charge in [0.2, 0.25) is 17.5 Å². The van der Waals surface area contributed by atoms with Crippen LogP contribution in [0.2, 0.25) is 0 Å². The first-order valence-electron chi connectivity index (χ1n) is 8.03. The molecule has 0 saturated carbocycles. The summed E-state index contributed by atoms with van der Waals surface area (Å²) in [5.41, 5.74) is 8.31. The Bertz CT molecular complexity index is 903. The molecule has 0 amide bonds. The Morgan fingerprint density at radius 1 is 1.19 bits per heavy atom. The van der Waals surface area contributed by atoms with Crippen molar-refractivity contribution in [3.8, 4) is 29.2 Å². The molecule has 0 fully saturated rings. The Morgan fingerprint density at radius 2 is 1.85 bits per heavy atom. The van der Waals surface area contributed by atoms with Crippen molar-refractivity contribution in [1.29, 1.82) is 5.26 Å². The molecule has 9 heteroatoms. The minimum Gasteiger partial charge on any atom is -0.493 e. The van der Waals surface area contributed by atoms with E-state index in [1.165, 1.54) is 21.3 Å². The average Bonchev–Trinajstić information content (AvgIpc) is 3.07. The van der Waals surface area contributed by atoms with Crippen molar-refractivity contribution in [2.75, 3.05) is 28.4 Å². The van der Waals surface area contributed by atoms with Gasteiger partial charge in [0.05, 0.1) is 45.1 Å². The van der Waals surface area contributed by atoms with Gasteiger partial charge in [0, 0.05) is 7.11 Å². The molecule has 142 valence electrons. The highest BCUT2D eigenvalue weighted by Gasteiger charge is 2.36. The fourth-order valence-corrected chi connectivity index (χ4v) is 3.16. The van der Waals surface area contributed by atoms with Crippen molar-refractivity contribution in [3.63, 3.8) is 0 Å². The number of nitrogens with one attached hydrogen (secondary N) is 1. The Kier molecular flexibility index (Phi) is 5.09. The highest BCUT2D eigenvalue weighted by Crippen LogP contribution is 2.47. The van der Waals surface area contributed by atoms with Crippen molar-refractivity contribution in [1.82, 2.24) is 10.2 Å². The van der Waals surface area contributed by atoms with Crippen LogP contribution in [0.4, 0.5) is 0 Å². The molecule has 0 bridgehead atoms. The van der Waals surface area contributed by atoms with Crippen LogP contribution < -0.4 is 24.7 Å². The maximum atomic E-state index is 9.71. The van der Waals surface area contributed by atoms with Crippen LogP contribution in [0.1, 0.15) is 22.7 Å². The number of allylic oxidation sites excluding steroid dienone is 1. The van der Waals surface area contributed by atoms with E-state index < -0.39 is 5.92 Å². The number of fused-ring (bicyclic) bond motifs is 1. The highest BCUT2D eigenvalue weighted by atomic mass is 16.5. The summed E-state index contributed by atoms with van der Waals surface area (Å²) >= 11 is 0. The number of hydrogen-bond acceptors (Lipinski definition) is 8. The summed E-state index contributed by atoms with van der Waals surface area (Å²) in [6.45, 7) is 0.269. The number of rotatable bonds is 6. The van der Waals surface area contributed by atoms with Crippen molar-refractivity contribution in [2.45, 2.75) is 12.5 Å². The van der Waals surface area contributed by atoms with E-state index >= 15 is 0 Å². The van der Waals surface area contributed by atoms with E-state index in [-0.39, 0.29) is 18.1 Å². The predicted octanol–water partition coefficient (Wildman–Crippen LogP) is 1.80. The lowest BCUT2D eigenvalue weighted by Crippen LogP contribution is -2.21. The van der Waals surface area contributed by atoms with Crippen LogP contribution in [-0.4, -0.2) is 38.6 Å². The first-order chi connectivity index (χ1) is 13.1.